The number of hydrogen-bond donors (Lipinski definition) is 3. The van der Waals surface area contributed by atoms with Crippen molar-refractivity contribution in [1.29, 1.82) is 0 Å². The quantitative estimate of drug-likeness (QED) is 0.310. The molecule has 2 heterocycles. The van der Waals surface area contributed by atoms with Gasteiger partial charge >= 0.3 is 0 Å². The van der Waals surface area contributed by atoms with Crippen LogP contribution >= 0.6 is 11.3 Å². The number of guanidine groups is 1. The van der Waals surface area contributed by atoms with Gasteiger partial charge in [0.25, 0.3) is 0 Å². The largest absolute Gasteiger partial charge is 0.379 e. The fraction of sp³-hybridized carbons (Fsp3) is 0.688. The number of nitrogens with zero attached hydrogens (tertiary/aromatic N) is 2. The van der Waals surface area contributed by atoms with Gasteiger partial charge in [0, 0.05) is 44.6 Å². The van der Waals surface area contributed by atoms with Crippen molar-refractivity contribution in [2.45, 2.75) is 12.5 Å². The van der Waals surface area contributed by atoms with Crippen molar-refractivity contribution in [3.05, 3.63) is 22.4 Å². The lowest BCUT2D eigenvalue weighted by Gasteiger charge is -2.34. The van der Waals surface area contributed by atoms with Crippen LogP contribution in [0.3, 0.4) is 0 Å². The summed E-state index contributed by atoms with van der Waals surface area (Å²) in [7, 11) is -1.39. The van der Waals surface area contributed by atoms with Gasteiger partial charge in [-0.15, -0.1) is 11.3 Å². The molecule has 10 heteroatoms. The lowest BCUT2D eigenvalue weighted by molar-refractivity contribution is 0.0177. The van der Waals surface area contributed by atoms with E-state index in [-0.39, 0.29) is 6.04 Å². The third kappa shape index (κ3) is 7.58. The van der Waals surface area contributed by atoms with Crippen LogP contribution in [-0.4, -0.2) is 78.5 Å². The van der Waals surface area contributed by atoms with Crippen molar-refractivity contribution < 1.29 is 13.2 Å². The van der Waals surface area contributed by atoms with Crippen molar-refractivity contribution in [3.8, 4) is 0 Å². The molecule has 0 spiro atoms. The van der Waals surface area contributed by atoms with Crippen molar-refractivity contribution in [3.63, 3.8) is 0 Å². The first-order chi connectivity index (χ1) is 12.5. The third-order valence-corrected chi connectivity index (χ3v) is 5.76. The Morgan fingerprint density at radius 3 is 2.73 bits per heavy atom. The fourth-order valence-corrected chi connectivity index (χ4v) is 4.12. The van der Waals surface area contributed by atoms with E-state index in [1.165, 1.54) is 4.88 Å². The first kappa shape index (κ1) is 21.1. The van der Waals surface area contributed by atoms with Crippen LogP contribution < -0.4 is 15.4 Å². The first-order valence-corrected chi connectivity index (χ1v) is 11.5. The van der Waals surface area contributed by atoms with E-state index in [1.54, 1.807) is 18.4 Å². The van der Waals surface area contributed by atoms with Crippen LogP contribution in [-0.2, 0) is 14.8 Å². The summed E-state index contributed by atoms with van der Waals surface area (Å²) in [5.74, 6) is 0.721. The standard InChI is InChI=1S/C16H29N5O3S2/c1-17-16(18-6-4-7-20-26(2,22)23)19-13-14(15-5-3-12-25-15)21-8-10-24-11-9-21/h3,5,12,14,20H,4,6-11,13H2,1-2H3,(H2,17,18,19). The van der Waals surface area contributed by atoms with E-state index >= 15 is 0 Å². The Morgan fingerprint density at radius 1 is 1.35 bits per heavy atom. The predicted octanol–water partition coefficient (Wildman–Crippen LogP) is 0.226. The Kier molecular flexibility index (Phi) is 8.79. The van der Waals surface area contributed by atoms with Crippen LogP contribution in [0.25, 0.3) is 0 Å². The fourth-order valence-electron chi connectivity index (χ4n) is 2.75. The van der Waals surface area contributed by atoms with E-state index < -0.39 is 10.0 Å². The third-order valence-electron chi connectivity index (χ3n) is 4.05. The molecule has 1 unspecified atom stereocenters. The zero-order valence-electron chi connectivity index (χ0n) is 15.4. The van der Waals surface area contributed by atoms with Gasteiger partial charge in [0.2, 0.25) is 10.0 Å². The second-order valence-electron chi connectivity index (χ2n) is 6.08. The van der Waals surface area contributed by atoms with Crippen LogP contribution in [0.1, 0.15) is 17.3 Å². The minimum absolute atomic E-state index is 0.282. The van der Waals surface area contributed by atoms with Crippen molar-refractivity contribution in [2.75, 3.05) is 59.2 Å². The van der Waals surface area contributed by atoms with Gasteiger partial charge in [0.15, 0.2) is 5.96 Å². The molecular weight excluding hydrogens is 374 g/mol. The van der Waals surface area contributed by atoms with Crippen LogP contribution in [0.5, 0.6) is 0 Å². The van der Waals surface area contributed by atoms with Gasteiger partial charge in [-0.1, -0.05) is 6.07 Å². The number of aliphatic imine (C=N–C) groups is 1. The van der Waals surface area contributed by atoms with Crippen molar-refractivity contribution >= 4 is 27.3 Å². The van der Waals surface area contributed by atoms with Gasteiger partial charge in [-0.25, -0.2) is 13.1 Å². The van der Waals surface area contributed by atoms with E-state index in [2.05, 4.69) is 42.8 Å². The van der Waals surface area contributed by atoms with E-state index in [1.807, 2.05) is 0 Å². The second-order valence-corrected chi connectivity index (χ2v) is 8.89. The zero-order chi connectivity index (χ0) is 18.8. The SMILES string of the molecule is CN=C(NCCCNS(C)(=O)=O)NCC(c1cccs1)N1CCOCC1. The molecule has 26 heavy (non-hydrogen) atoms. The van der Waals surface area contributed by atoms with E-state index in [4.69, 9.17) is 4.74 Å². The molecule has 1 aliphatic rings. The van der Waals surface area contributed by atoms with Crippen molar-refractivity contribution in [2.24, 2.45) is 4.99 Å². The molecule has 3 N–H and O–H groups in total. The monoisotopic (exact) mass is 403 g/mol. The maximum atomic E-state index is 11.0. The number of morpholine rings is 1. The Hall–Kier alpha value is -1.20. The van der Waals surface area contributed by atoms with E-state index in [0.717, 1.165) is 45.1 Å². The number of thiophene rings is 1. The van der Waals surface area contributed by atoms with Crippen LogP contribution in [0.15, 0.2) is 22.5 Å². The summed E-state index contributed by atoms with van der Waals surface area (Å²) < 4.78 is 30.0. The van der Waals surface area contributed by atoms with E-state index in [9.17, 15) is 8.42 Å². The lowest BCUT2D eigenvalue weighted by Crippen LogP contribution is -2.46. The highest BCUT2D eigenvalue weighted by atomic mass is 32.2. The molecule has 2 rings (SSSR count). The number of rotatable bonds is 9. The molecule has 0 radical (unpaired) electrons. The molecule has 0 aliphatic carbocycles. The molecule has 1 aliphatic heterocycles. The Bertz CT molecular complexity index is 643. The summed E-state index contributed by atoms with van der Waals surface area (Å²) in [6.07, 6.45) is 1.85. The van der Waals surface area contributed by atoms with Gasteiger partial charge in [0.05, 0.1) is 25.5 Å². The molecule has 1 aromatic heterocycles. The van der Waals surface area contributed by atoms with Crippen LogP contribution in [0.2, 0.25) is 0 Å². The molecule has 148 valence electrons. The minimum atomic E-state index is -3.13. The van der Waals surface area contributed by atoms with Crippen LogP contribution in [0.4, 0.5) is 0 Å². The predicted molar refractivity (Wildman–Crippen MR) is 106 cm³/mol. The number of hydrogen-bond acceptors (Lipinski definition) is 6. The molecular formula is C16H29N5O3S2. The topological polar surface area (TPSA) is 95.1 Å². The average molecular weight is 404 g/mol. The minimum Gasteiger partial charge on any atom is -0.379 e. The highest BCUT2D eigenvalue weighted by Gasteiger charge is 2.23. The smallest absolute Gasteiger partial charge is 0.208 e. The second kappa shape index (κ2) is 10.8. The highest BCUT2D eigenvalue weighted by molar-refractivity contribution is 7.88. The Balaban J connectivity index is 1.80. The first-order valence-electron chi connectivity index (χ1n) is 8.74. The van der Waals surface area contributed by atoms with Gasteiger partial charge in [-0.2, -0.15) is 0 Å². The lowest BCUT2D eigenvalue weighted by atomic mass is 10.2. The average Bonchev–Trinajstić information content (AvgIpc) is 3.14. The molecule has 0 amide bonds. The molecule has 0 saturated carbocycles. The van der Waals surface area contributed by atoms with Crippen LogP contribution in [0, 0.1) is 0 Å². The summed E-state index contributed by atoms with van der Waals surface area (Å²) in [4.78, 5) is 8.01. The Labute approximate surface area is 160 Å². The van der Waals surface area contributed by atoms with Crippen molar-refractivity contribution in [1.82, 2.24) is 20.3 Å². The maximum absolute atomic E-state index is 11.0. The molecule has 1 saturated heterocycles. The summed E-state index contributed by atoms with van der Waals surface area (Å²) in [6.45, 7) is 5.19. The molecule has 0 bridgehead atoms. The number of nitrogens with one attached hydrogen (secondary N) is 3. The summed E-state index contributed by atoms with van der Waals surface area (Å²) in [6, 6.07) is 4.53. The highest BCUT2D eigenvalue weighted by Crippen LogP contribution is 2.25. The van der Waals surface area contributed by atoms with Gasteiger partial charge in [-0.05, 0) is 17.9 Å². The molecule has 1 atom stereocenters. The molecule has 0 aromatic carbocycles. The normalized spacial score (nSPS) is 17.8. The summed E-state index contributed by atoms with van der Waals surface area (Å²) in [5, 5.41) is 8.71. The maximum Gasteiger partial charge on any atom is 0.208 e. The van der Waals surface area contributed by atoms with Gasteiger partial charge in [-0.3, -0.25) is 9.89 Å². The van der Waals surface area contributed by atoms with E-state index in [0.29, 0.717) is 19.5 Å². The summed E-state index contributed by atoms with van der Waals surface area (Å²) >= 11 is 1.76. The van der Waals surface area contributed by atoms with Gasteiger partial charge in [0.1, 0.15) is 0 Å². The molecule has 1 fully saturated rings. The number of ether oxygens (including phenoxy) is 1. The summed E-state index contributed by atoms with van der Waals surface area (Å²) in [5.41, 5.74) is 0. The number of sulfonamides is 1. The zero-order valence-corrected chi connectivity index (χ0v) is 17.0. The van der Waals surface area contributed by atoms with Gasteiger partial charge < -0.3 is 15.4 Å². The molecule has 1 aromatic rings. The molecule has 8 nitrogen and oxygen atoms in total. The Morgan fingerprint density at radius 2 is 2.12 bits per heavy atom.